The third-order valence-corrected chi connectivity index (χ3v) is 4.32. The third-order valence-electron chi connectivity index (χ3n) is 4.32. The molecule has 2 unspecified atom stereocenters. The molecule has 1 saturated carbocycles. The van der Waals surface area contributed by atoms with Crippen LogP contribution in [0.5, 0.6) is 0 Å². The zero-order valence-corrected chi connectivity index (χ0v) is 12.9. The van der Waals surface area contributed by atoms with E-state index in [4.69, 9.17) is 0 Å². The van der Waals surface area contributed by atoms with Crippen LogP contribution in [-0.4, -0.2) is 37.1 Å². The maximum Gasteiger partial charge on any atom is 0.220 e. The average molecular weight is 281 g/mol. The first-order valence-corrected chi connectivity index (χ1v) is 8.50. The summed E-state index contributed by atoms with van der Waals surface area (Å²) in [6.45, 7) is 4.39. The number of carbonyl (C=O) groups is 1. The van der Waals surface area contributed by atoms with Gasteiger partial charge in [-0.2, -0.15) is 0 Å². The van der Waals surface area contributed by atoms with Gasteiger partial charge in [-0.1, -0.05) is 12.8 Å². The minimum Gasteiger partial charge on any atom is -0.353 e. The Bertz CT molecular complexity index is 283. The molecule has 2 fully saturated rings. The van der Waals surface area contributed by atoms with E-state index in [2.05, 4.69) is 22.9 Å². The van der Waals surface area contributed by atoms with Crippen LogP contribution in [0.2, 0.25) is 0 Å². The van der Waals surface area contributed by atoms with E-state index in [1.807, 2.05) is 0 Å². The van der Waals surface area contributed by atoms with Gasteiger partial charge in [-0.25, -0.2) is 0 Å². The fourth-order valence-corrected chi connectivity index (χ4v) is 2.94. The van der Waals surface area contributed by atoms with Crippen LogP contribution in [0, 0.1) is 0 Å². The minimum atomic E-state index is 0.229. The SMILES string of the molecule is CC(CC1CCCCCN1)NCCCC(=O)NC1CC1. The Morgan fingerprint density at radius 3 is 2.90 bits per heavy atom. The van der Waals surface area contributed by atoms with Crippen LogP contribution in [0.25, 0.3) is 0 Å². The Labute approximate surface area is 123 Å². The first-order chi connectivity index (χ1) is 9.74. The Hall–Kier alpha value is -0.610. The van der Waals surface area contributed by atoms with Gasteiger partial charge in [-0.3, -0.25) is 4.79 Å². The minimum absolute atomic E-state index is 0.229. The van der Waals surface area contributed by atoms with Crippen molar-refractivity contribution in [2.24, 2.45) is 0 Å². The highest BCUT2D eigenvalue weighted by molar-refractivity contribution is 5.76. The van der Waals surface area contributed by atoms with E-state index in [1.54, 1.807) is 0 Å². The molecule has 3 N–H and O–H groups in total. The zero-order chi connectivity index (χ0) is 14.2. The van der Waals surface area contributed by atoms with E-state index in [9.17, 15) is 4.79 Å². The highest BCUT2D eigenvalue weighted by atomic mass is 16.1. The van der Waals surface area contributed by atoms with Crippen LogP contribution in [0.15, 0.2) is 0 Å². The van der Waals surface area contributed by atoms with Crippen molar-refractivity contribution in [3.63, 3.8) is 0 Å². The van der Waals surface area contributed by atoms with Crippen LogP contribution in [0.4, 0.5) is 0 Å². The molecule has 1 heterocycles. The monoisotopic (exact) mass is 281 g/mol. The predicted molar refractivity (Wildman–Crippen MR) is 82.7 cm³/mol. The second kappa shape index (κ2) is 8.63. The first-order valence-electron chi connectivity index (χ1n) is 8.50. The molecule has 0 aromatic carbocycles. The van der Waals surface area contributed by atoms with Crippen LogP contribution in [0.1, 0.15) is 64.7 Å². The smallest absolute Gasteiger partial charge is 0.220 e. The van der Waals surface area contributed by atoms with Crippen LogP contribution >= 0.6 is 0 Å². The van der Waals surface area contributed by atoms with Crippen LogP contribution in [0.3, 0.4) is 0 Å². The predicted octanol–water partition coefficient (Wildman–Crippen LogP) is 1.95. The van der Waals surface area contributed by atoms with Gasteiger partial charge in [0.1, 0.15) is 0 Å². The summed E-state index contributed by atoms with van der Waals surface area (Å²) in [6, 6.07) is 1.71. The van der Waals surface area contributed by atoms with Crippen LogP contribution < -0.4 is 16.0 Å². The number of amides is 1. The van der Waals surface area contributed by atoms with E-state index in [-0.39, 0.29) is 5.91 Å². The molecule has 0 spiro atoms. The van der Waals surface area contributed by atoms with Gasteiger partial charge in [-0.15, -0.1) is 0 Å². The van der Waals surface area contributed by atoms with Crippen molar-refractivity contribution < 1.29 is 4.79 Å². The molecule has 0 radical (unpaired) electrons. The van der Waals surface area contributed by atoms with Gasteiger partial charge in [-0.05, 0) is 58.5 Å². The fraction of sp³-hybridized carbons (Fsp3) is 0.938. The quantitative estimate of drug-likeness (QED) is 0.596. The summed E-state index contributed by atoms with van der Waals surface area (Å²) in [4.78, 5) is 11.5. The molecular formula is C16H31N3O. The second-order valence-corrected chi connectivity index (χ2v) is 6.54. The average Bonchev–Trinajstić information content (AvgIpc) is 3.23. The third kappa shape index (κ3) is 6.71. The highest BCUT2D eigenvalue weighted by Gasteiger charge is 2.22. The van der Waals surface area contributed by atoms with Crippen molar-refractivity contribution in [3.05, 3.63) is 0 Å². The van der Waals surface area contributed by atoms with Gasteiger partial charge in [0.25, 0.3) is 0 Å². The topological polar surface area (TPSA) is 53.2 Å². The van der Waals surface area contributed by atoms with Gasteiger partial charge in [0.15, 0.2) is 0 Å². The summed E-state index contributed by atoms with van der Waals surface area (Å²) < 4.78 is 0. The van der Waals surface area contributed by atoms with Gasteiger partial charge in [0, 0.05) is 24.5 Å². The van der Waals surface area contributed by atoms with E-state index in [0.29, 0.717) is 24.5 Å². The van der Waals surface area contributed by atoms with Crippen molar-refractivity contribution in [2.45, 2.75) is 82.8 Å². The number of rotatable bonds is 8. The molecule has 1 amide bonds. The molecule has 2 atom stereocenters. The summed E-state index contributed by atoms with van der Waals surface area (Å²) in [5.74, 6) is 0.229. The van der Waals surface area contributed by atoms with Crippen LogP contribution in [-0.2, 0) is 4.79 Å². The van der Waals surface area contributed by atoms with Gasteiger partial charge in [0.05, 0.1) is 0 Å². The molecule has 116 valence electrons. The summed E-state index contributed by atoms with van der Waals surface area (Å²) in [5, 5.41) is 10.2. The Morgan fingerprint density at radius 2 is 2.10 bits per heavy atom. The number of hydrogen-bond acceptors (Lipinski definition) is 3. The molecule has 2 rings (SSSR count). The molecule has 0 aromatic rings. The van der Waals surface area contributed by atoms with Crippen molar-refractivity contribution in [3.8, 4) is 0 Å². The fourth-order valence-electron chi connectivity index (χ4n) is 2.94. The molecule has 1 aliphatic heterocycles. The van der Waals surface area contributed by atoms with Gasteiger partial charge < -0.3 is 16.0 Å². The lowest BCUT2D eigenvalue weighted by atomic mass is 10.0. The second-order valence-electron chi connectivity index (χ2n) is 6.54. The van der Waals surface area contributed by atoms with Crippen molar-refractivity contribution in [2.75, 3.05) is 13.1 Å². The zero-order valence-electron chi connectivity index (χ0n) is 12.9. The normalized spacial score (nSPS) is 24.9. The van der Waals surface area contributed by atoms with E-state index < -0.39 is 0 Å². The molecular weight excluding hydrogens is 250 g/mol. The highest BCUT2D eigenvalue weighted by Crippen LogP contribution is 2.18. The summed E-state index contributed by atoms with van der Waals surface area (Å²) in [7, 11) is 0. The first kappa shape index (κ1) is 15.8. The molecule has 4 nitrogen and oxygen atoms in total. The largest absolute Gasteiger partial charge is 0.353 e. The van der Waals surface area contributed by atoms with E-state index in [0.717, 1.165) is 13.0 Å². The summed E-state index contributed by atoms with van der Waals surface area (Å²) >= 11 is 0. The lowest BCUT2D eigenvalue weighted by molar-refractivity contribution is -0.121. The Kier molecular flexibility index (Phi) is 6.80. The number of nitrogens with one attached hydrogen (secondary N) is 3. The van der Waals surface area contributed by atoms with Crippen molar-refractivity contribution in [1.29, 1.82) is 0 Å². The molecule has 2 aliphatic rings. The van der Waals surface area contributed by atoms with E-state index in [1.165, 1.54) is 51.5 Å². The molecule has 4 heteroatoms. The summed E-state index contributed by atoms with van der Waals surface area (Å²) in [5.41, 5.74) is 0. The number of hydrogen-bond donors (Lipinski definition) is 3. The van der Waals surface area contributed by atoms with Gasteiger partial charge in [0.2, 0.25) is 5.91 Å². The Balaban J connectivity index is 1.48. The lowest BCUT2D eigenvalue weighted by Gasteiger charge is -2.21. The van der Waals surface area contributed by atoms with Crippen molar-refractivity contribution >= 4 is 5.91 Å². The number of carbonyl (C=O) groups excluding carboxylic acids is 1. The Morgan fingerprint density at radius 1 is 1.25 bits per heavy atom. The van der Waals surface area contributed by atoms with Crippen molar-refractivity contribution in [1.82, 2.24) is 16.0 Å². The van der Waals surface area contributed by atoms with E-state index >= 15 is 0 Å². The molecule has 0 aromatic heterocycles. The maximum atomic E-state index is 11.5. The van der Waals surface area contributed by atoms with Gasteiger partial charge >= 0.3 is 0 Å². The molecule has 20 heavy (non-hydrogen) atoms. The molecule has 1 aliphatic carbocycles. The standard InChI is InChI=1S/C16H31N3O/c1-13(12-15-6-3-2-4-10-18-15)17-11-5-7-16(20)19-14-8-9-14/h13-15,17-18H,2-12H2,1H3,(H,19,20). The summed E-state index contributed by atoms with van der Waals surface area (Å²) in [6.07, 6.45) is 10.6. The maximum absolute atomic E-state index is 11.5. The molecule has 0 bridgehead atoms. The lowest BCUT2D eigenvalue weighted by Crippen LogP contribution is -2.37. The molecule has 1 saturated heterocycles.